The number of rotatable bonds is 5. The minimum absolute atomic E-state index is 0.0171. The number of piperidine rings is 1. The van der Waals surface area contributed by atoms with Gasteiger partial charge in [0.15, 0.2) is 0 Å². The molecule has 2 N–H and O–H groups in total. The largest absolute Gasteiger partial charge is 0.478 e. The normalized spacial score (nSPS) is 20.8. The summed E-state index contributed by atoms with van der Waals surface area (Å²) < 4.78 is 1.80. The number of benzene rings is 2. The number of hydrogen-bond donors (Lipinski definition) is 2. The minimum Gasteiger partial charge on any atom is -0.478 e. The minimum atomic E-state index is -0.963. The van der Waals surface area contributed by atoms with Crippen molar-refractivity contribution in [1.82, 2.24) is 4.57 Å². The second kappa shape index (κ2) is 8.25. The van der Waals surface area contributed by atoms with E-state index < -0.39 is 5.97 Å². The molecule has 2 fully saturated rings. The number of anilines is 2. The maximum atomic E-state index is 13.4. The van der Waals surface area contributed by atoms with Gasteiger partial charge in [0.25, 0.3) is 5.56 Å². The molecule has 5 rings (SSSR count). The number of para-hydroxylation sites is 1. The molecule has 3 atom stereocenters. The number of carbonyl (C=O) groups is 1. The van der Waals surface area contributed by atoms with Gasteiger partial charge in [0.05, 0.1) is 5.56 Å². The number of carboxylic acids is 1. The van der Waals surface area contributed by atoms with E-state index in [9.17, 15) is 14.7 Å². The SMILES string of the molecule is Cc1cc(C(C)Nc2ccccc2C(=O)O)c2cc(N3CC4CCC(C4)C3)n(C)c(=O)c2c1. The zero-order valence-corrected chi connectivity index (χ0v) is 19.5. The second-order valence-corrected chi connectivity index (χ2v) is 9.85. The van der Waals surface area contributed by atoms with Gasteiger partial charge in [0.2, 0.25) is 0 Å². The van der Waals surface area contributed by atoms with Gasteiger partial charge >= 0.3 is 5.97 Å². The van der Waals surface area contributed by atoms with E-state index in [4.69, 9.17) is 0 Å². The highest BCUT2D eigenvalue weighted by Gasteiger charge is 2.34. The summed E-state index contributed by atoms with van der Waals surface area (Å²) >= 11 is 0. The number of nitrogens with one attached hydrogen (secondary N) is 1. The predicted octanol–water partition coefficient (Wildman–Crippen LogP) is 4.95. The third-order valence-corrected chi connectivity index (χ3v) is 7.44. The average molecular weight is 446 g/mol. The van der Waals surface area contributed by atoms with Gasteiger partial charge in [-0.1, -0.05) is 18.2 Å². The van der Waals surface area contributed by atoms with Gasteiger partial charge in [0, 0.05) is 37.3 Å². The third-order valence-electron chi connectivity index (χ3n) is 7.44. The standard InChI is InChI=1S/C27H31N3O3/c1-16-10-21(17(2)28-24-7-5-4-6-20(24)27(32)33)22-13-25(29(3)26(31)23(22)11-16)30-14-18-8-9-19(12-18)15-30/h4-7,10-11,13,17-19,28H,8-9,12,14-15H2,1-3H3,(H,32,33). The van der Waals surface area contributed by atoms with Gasteiger partial charge in [-0.15, -0.1) is 0 Å². The number of pyridine rings is 1. The number of aromatic nitrogens is 1. The quantitative estimate of drug-likeness (QED) is 0.581. The monoisotopic (exact) mass is 445 g/mol. The Kier molecular flexibility index (Phi) is 5.39. The molecule has 1 aromatic heterocycles. The van der Waals surface area contributed by atoms with Crippen molar-refractivity contribution in [1.29, 1.82) is 0 Å². The molecule has 33 heavy (non-hydrogen) atoms. The van der Waals surface area contributed by atoms with Crippen LogP contribution in [0.2, 0.25) is 0 Å². The van der Waals surface area contributed by atoms with E-state index in [2.05, 4.69) is 22.3 Å². The fourth-order valence-corrected chi connectivity index (χ4v) is 5.84. The van der Waals surface area contributed by atoms with Gasteiger partial charge in [-0.2, -0.15) is 0 Å². The summed E-state index contributed by atoms with van der Waals surface area (Å²) in [6.07, 6.45) is 3.89. The number of carboxylic acid groups (broad SMARTS) is 1. The summed E-state index contributed by atoms with van der Waals surface area (Å²) in [6.45, 7) is 6.04. The van der Waals surface area contributed by atoms with E-state index in [1.54, 1.807) is 22.8 Å². The van der Waals surface area contributed by atoms with Crippen LogP contribution in [0.15, 0.2) is 47.3 Å². The Morgan fingerprint density at radius 3 is 2.48 bits per heavy atom. The Hall–Kier alpha value is -3.28. The Bertz CT molecular complexity index is 1280. The molecule has 1 aliphatic heterocycles. The lowest BCUT2D eigenvalue weighted by molar-refractivity contribution is 0.0698. The maximum Gasteiger partial charge on any atom is 0.337 e. The smallest absolute Gasteiger partial charge is 0.337 e. The first-order valence-corrected chi connectivity index (χ1v) is 11.8. The molecule has 1 saturated carbocycles. The van der Waals surface area contributed by atoms with E-state index in [1.807, 2.05) is 33.0 Å². The summed E-state index contributed by atoms with van der Waals surface area (Å²) in [5, 5.41) is 14.6. The highest BCUT2D eigenvalue weighted by Crippen LogP contribution is 2.39. The van der Waals surface area contributed by atoms with Crippen molar-refractivity contribution in [2.45, 2.75) is 39.2 Å². The van der Waals surface area contributed by atoms with Crippen molar-refractivity contribution in [2.24, 2.45) is 18.9 Å². The van der Waals surface area contributed by atoms with Gasteiger partial charge < -0.3 is 15.3 Å². The summed E-state index contributed by atoms with van der Waals surface area (Å²) in [5.41, 5.74) is 2.84. The molecule has 0 radical (unpaired) electrons. The Morgan fingerprint density at radius 2 is 1.79 bits per heavy atom. The third kappa shape index (κ3) is 3.88. The van der Waals surface area contributed by atoms with Crippen LogP contribution in [0, 0.1) is 18.8 Å². The average Bonchev–Trinajstić information content (AvgIpc) is 3.13. The van der Waals surface area contributed by atoms with E-state index in [0.29, 0.717) is 11.1 Å². The van der Waals surface area contributed by atoms with Crippen molar-refractivity contribution in [3.05, 3.63) is 69.5 Å². The van der Waals surface area contributed by atoms with Crippen LogP contribution < -0.4 is 15.8 Å². The molecule has 3 unspecified atom stereocenters. The molecule has 0 spiro atoms. The van der Waals surface area contributed by atoms with Gasteiger partial charge in [-0.3, -0.25) is 9.36 Å². The molecule has 172 valence electrons. The predicted molar refractivity (Wildman–Crippen MR) is 132 cm³/mol. The van der Waals surface area contributed by atoms with Crippen LogP contribution in [0.1, 0.15) is 53.7 Å². The van der Waals surface area contributed by atoms with Crippen molar-refractivity contribution in [2.75, 3.05) is 23.3 Å². The van der Waals surface area contributed by atoms with Crippen LogP contribution in [0.4, 0.5) is 11.5 Å². The van der Waals surface area contributed by atoms with E-state index >= 15 is 0 Å². The van der Waals surface area contributed by atoms with Gasteiger partial charge in [0.1, 0.15) is 5.82 Å². The molecule has 1 saturated heterocycles. The highest BCUT2D eigenvalue weighted by molar-refractivity contribution is 5.94. The molecule has 2 aliphatic rings. The van der Waals surface area contributed by atoms with Gasteiger partial charge in [-0.25, -0.2) is 4.79 Å². The first-order valence-electron chi connectivity index (χ1n) is 11.8. The number of fused-ring (bicyclic) bond motifs is 3. The Balaban J connectivity index is 1.60. The molecule has 1 aliphatic carbocycles. The number of aryl methyl sites for hydroxylation is 1. The van der Waals surface area contributed by atoms with Crippen LogP contribution in [-0.4, -0.2) is 28.7 Å². The van der Waals surface area contributed by atoms with Crippen LogP contribution in [0.25, 0.3) is 10.8 Å². The summed E-state index contributed by atoms with van der Waals surface area (Å²) in [6, 6.07) is 13.0. The van der Waals surface area contributed by atoms with Crippen LogP contribution in [0.5, 0.6) is 0 Å². The zero-order chi connectivity index (χ0) is 23.3. The summed E-state index contributed by atoms with van der Waals surface area (Å²) in [4.78, 5) is 27.5. The van der Waals surface area contributed by atoms with E-state index in [0.717, 1.165) is 47.3 Å². The first kappa shape index (κ1) is 21.6. The van der Waals surface area contributed by atoms with E-state index in [1.165, 1.54) is 19.3 Å². The fourth-order valence-electron chi connectivity index (χ4n) is 5.84. The summed E-state index contributed by atoms with van der Waals surface area (Å²) in [7, 11) is 1.88. The van der Waals surface area contributed by atoms with Crippen molar-refractivity contribution in [3.63, 3.8) is 0 Å². The number of aromatic carboxylic acids is 1. The lowest BCUT2D eigenvalue weighted by Crippen LogP contribution is -2.39. The Labute approximate surface area is 193 Å². The Morgan fingerprint density at radius 1 is 1.09 bits per heavy atom. The van der Waals surface area contributed by atoms with Crippen molar-refractivity contribution in [3.8, 4) is 0 Å². The molecule has 6 heteroatoms. The van der Waals surface area contributed by atoms with Crippen molar-refractivity contribution < 1.29 is 9.90 Å². The molecular formula is C27H31N3O3. The molecule has 3 aromatic rings. The van der Waals surface area contributed by atoms with Crippen molar-refractivity contribution >= 4 is 28.2 Å². The molecular weight excluding hydrogens is 414 g/mol. The molecule has 2 bridgehead atoms. The molecule has 6 nitrogen and oxygen atoms in total. The molecule has 0 amide bonds. The van der Waals surface area contributed by atoms with Crippen LogP contribution in [-0.2, 0) is 7.05 Å². The van der Waals surface area contributed by atoms with Crippen LogP contribution in [0.3, 0.4) is 0 Å². The zero-order valence-electron chi connectivity index (χ0n) is 19.5. The topological polar surface area (TPSA) is 74.6 Å². The highest BCUT2D eigenvalue weighted by atomic mass is 16.4. The maximum absolute atomic E-state index is 13.4. The molecule has 2 aromatic carbocycles. The number of nitrogens with zero attached hydrogens (tertiary/aromatic N) is 2. The van der Waals surface area contributed by atoms with E-state index in [-0.39, 0.29) is 17.2 Å². The second-order valence-electron chi connectivity index (χ2n) is 9.85. The summed E-state index contributed by atoms with van der Waals surface area (Å²) in [5.74, 6) is 1.46. The van der Waals surface area contributed by atoms with Gasteiger partial charge in [-0.05, 0) is 85.7 Å². The van der Waals surface area contributed by atoms with Crippen LogP contribution >= 0.6 is 0 Å². The lowest BCUT2D eigenvalue weighted by Gasteiger charge is -2.35. The fraction of sp³-hybridized carbons (Fsp3) is 0.407. The number of hydrogen-bond acceptors (Lipinski definition) is 4. The lowest BCUT2D eigenvalue weighted by atomic mass is 9.96. The first-order chi connectivity index (χ1) is 15.8. The molecule has 2 heterocycles.